The second kappa shape index (κ2) is 21.2. The van der Waals surface area contributed by atoms with Crippen molar-refractivity contribution in [3.8, 4) is 69.0 Å². The Morgan fingerprint density at radius 2 is 0.550 bits per heavy atom. The molecule has 0 amide bonds. The van der Waals surface area contributed by atoms with Crippen molar-refractivity contribution < 1.29 is 75.9 Å². The van der Waals surface area contributed by atoms with Crippen LogP contribution >= 0.6 is 0 Å². The molecule has 80 heavy (non-hydrogen) atoms. The number of methoxy groups -OCH3 is 2. The molecule has 0 N–H and O–H groups in total. The largest absolute Gasteiger partial charge is 0.488 e. The molecule has 0 radical (unpaired) electrons. The van der Waals surface area contributed by atoms with E-state index in [0.717, 1.165) is 83.0 Å². The van der Waals surface area contributed by atoms with E-state index in [0.29, 0.717) is 104 Å². The van der Waals surface area contributed by atoms with Crippen molar-refractivity contribution in [1.29, 1.82) is 0 Å². The molecule has 6 aromatic carbocycles. The Kier molecular flexibility index (Phi) is 13.6. The lowest BCUT2D eigenvalue weighted by Crippen LogP contribution is -2.26. The Morgan fingerprint density at radius 3 is 0.738 bits per heavy atom. The number of hydrogen-bond donors (Lipinski definition) is 0. The zero-order chi connectivity index (χ0) is 54.8. The number of fused-ring (bicyclic) bond motifs is 12. The SMILES string of the molecule is CCCC1c2cc3c4c5c2OCOc2c1cc1c(c2COc2cc(cc(C(=O)OC)c2)OC5)OCOc2c(cc5c6c2COc2cc(cc(C(=O)OC)c2)OCc2c(c(cc(c2OCO4)C3CCC)C5CCC)OCO6)C1CCC. The lowest BCUT2D eigenvalue weighted by atomic mass is 9.74. The van der Waals surface area contributed by atoms with Crippen LogP contribution in [0.25, 0.3) is 0 Å². The Morgan fingerprint density at radius 1 is 0.338 bits per heavy atom. The van der Waals surface area contributed by atoms with E-state index in [2.05, 4.69) is 52.0 Å². The number of benzene rings is 6. The van der Waals surface area contributed by atoms with E-state index in [1.165, 1.54) is 14.2 Å². The molecule has 0 saturated carbocycles. The molecule has 8 heterocycles. The summed E-state index contributed by atoms with van der Waals surface area (Å²) in [6, 6.07) is 19.3. The fourth-order valence-corrected chi connectivity index (χ4v) is 13.2. The Hall–Kier alpha value is -8.14. The van der Waals surface area contributed by atoms with Crippen molar-refractivity contribution in [2.45, 2.75) is 129 Å². The summed E-state index contributed by atoms with van der Waals surface area (Å²) >= 11 is 0. The molecule has 16 nitrogen and oxygen atoms in total. The van der Waals surface area contributed by atoms with Gasteiger partial charge in [0.1, 0.15) is 95.4 Å². The van der Waals surface area contributed by atoms with Crippen LogP contribution in [0.5, 0.6) is 69.0 Å². The van der Waals surface area contributed by atoms with E-state index in [9.17, 15) is 9.59 Å². The van der Waals surface area contributed by atoms with Crippen LogP contribution in [0.15, 0.2) is 60.7 Å². The van der Waals surface area contributed by atoms with Crippen LogP contribution in [0.2, 0.25) is 0 Å². The van der Waals surface area contributed by atoms with Crippen LogP contribution in [0.1, 0.15) is 190 Å². The van der Waals surface area contributed by atoms with Gasteiger partial charge in [-0.3, -0.25) is 0 Å². The first-order valence-electron chi connectivity index (χ1n) is 28.0. The smallest absolute Gasteiger partial charge is 0.338 e. The van der Waals surface area contributed by atoms with E-state index < -0.39 is 11.9 Å². The van der Waals surface area contributed by atoms with Crippen LogP contribution in [0.4, 0.5) is 0 Å². The minimum absolute atomic E-state index is 0.0244. The van der Waals surface area contributed by atoms with Crippen molar-refractivity contribution in [3.63, 3.8) is 0 Å². The summed E-state index contributed by atoms with van der Waals surface area (Å²) in [4.78, 5) is 26.8. The Labute approximate surface area is 464 Å². The summed E-state index contributed by atoms with van der Waals surface area (Å²) in [5.74, 6) is 3.77. The maximum absolute atomic E-state index is 13.4. The molecule has 0 unspecified atom stereocenters. The highest BCUT2D eigenvalue weighted by Gasteiger charge is 2.42. The second-order valence-electron chi connectivity index (χ2n) is 21.3. The van der Waals surface area contributed by atoms with Crippen molar-refractivity contribution in [2.75, 3.05) is 41.4 Å². The van der Waals surface area contributed by atoms with Gasteiger partial charge in [0.25, 0.3) is 0 Å². The van der Waals surface area contributed by atoms with E-state index >= 15 is 0 Å². The highest BCUT2D eigenvalue weighted by molar-refractivity contribution is 5.91. The predicted molar refractivity (Wildman–Crippen MR) is 290 cm³/mol. The second-order valence-corrected chi connectivity index (χ2v) is 21.3. The maximum atomic E-state index is 13.4. The molecule has 416 valence electrons. The molecule has 0 atom stereocenters. The highest BCUT2D eigenvalue weighted by Crippen LogP contribution is 2.59. The van der Waals surface area contributed by atoms with Gasteiger partial charge in [-0.1, -0.05) is 53.4 Å². The molecule has 0 saturated heterocycles. The molecule has 0 aliphatic carbocycles. The minimum atomic E-state index is -0.553. The lowest BCUT2D eigenvalue weighted by Gasteiger charge is -2.37. The molecule has 0 spiro atoms. The predicted octanol–water partition coefficient (Wildman–Crippen LogP) is 13.2. The van der Waals surface area contributed by atoms with E-state index in [1.54, 1.807) is 36.4 Å². The van der Waals surface area contributed by atoms with Gasteiger partial charge in [0, 0.05) is 80.3 Å². The van der Waals surface area contributed by atoms with Crippen molar-refractivity contribution >= 4 is 11.9 Å². The molecule has 14 rings (SSSR count). The van der Waals surface area contributed by atoms with Gasteiger partial charge in [-0.15, -0.1) is 0 Å². The summed E-state index contributed by atoms with van der Waals surface area (Å²) < 4.78 is 93.7. The first-order valence-corrected chi connectivity index (χ1v) is 28.0. The van der Waals surface area contributed by atoms with E-state index in [4.69, 9.17) is 66.3 Å². The molecule has 8 aliphatic heterocycles. The van der Waals surface area contributed by atoms with Crippen LogP contribution in [-0.4, -0.2) is 53.3 Å². The Balaban J connectivity index is 1.22. The first-order chi connectivity index (χ1) is 39.2. The molecule has 0 aromatic heterocycles. The number of esters is 2. The van der Waals surface area contributed by atoms with Gasteiger partial charge in [0.15, 0.2) is 0 Å². The van der Waals surface area contributed by atoms with Gasteiger partial charge in [-0.2, -0.15) is 0 Å². The summed E-state index contributed by atoms with van der Waals surface area (Å²) in [5, 5.41) is 0. The third-order valence-electron chi connectivity index (χ3n) is 16.6. The number of rotatable bonds is 10. The van der Waals surface area contributed by atoms with Crippen molar-refractivity contribution in [1.82, 2.24) is 0 Å². The van der Waals surface area contributed by atoms with Gasteiger partial charge in [-0.05, 0) is 74.2 Å². The summed E-state index contributed by atoms with van der Waals surface area (Å²) in [7, 11) is 2.69. The monoisotopic (exact) mass is 1090 g/mol. The van der Waals surface area contributed by atoms with Gasteiger partial charge in [0.05, 0.1) is 47.6 Å². The molecular formula is C64H64O16. The van der Waals surface area contributed by atoms with Crippen molar-refractivity contribution in [3.05, 3.63) is 139 Å². The third kappa shape index (κ3) is 8.64. The first kappa shape index (κ1) is 51.3. The summed E-state index contributed by atoms with van der Waals surface area (Å²) in [6.07, 6.45) is 6.05. The average Bonchev–Trinajstić information content (AvgIpc) is 3.58. The molecule has 0 fully saturated rings. The van der Waals surface area contributed by atoms with Crippen LogP contribution in [-0.2, 0) is 35.9 Å². The minimum Gasteiger partial charge on any atom is -0.488 e. The fraction of sp³-hybridized carbons (Fsp3) is 0.406. The zero-order valence-corrected chi connectivity index (χ0v) is 45.9. The molecular weight excluding hydrogens is 1020 g/mol. The average molecular weight is 1090 g/mol. The normalized spacial score (nSPS) is 19.2. The van der Waals surface area contributed by atoms with Crippen LogP contribution < -0.4 is 56.8 Å². The van der Waals surface area contributed by atoms with Crippen molar-refractivity contribution in [2.24, 2.45) is 0 Å². The third-order valence-corrected chi connectivity index (χ3v) is 16.6. The zero-order valence-electron chi connectivity index (χ0n) is 45.9. The summed E-state index contributed by atoms with van der Waals surface area (Å²) in [5.41, 5.74) is 10.7. The maximum Gasteiger partial charge on any atom is 0.338 e. The lowest BCUT2D eigenvalue weighted by molar-refractivity contribution is 0.0591. The fourth-order valence-electron chi connectivity index (χ4n) is 13.2. The molecule has 6 aromatic rings. The molecule has 16 heteroatoms. The number of ether oxygens (including phenoxy) is 14. The topological polar surface area (TPSA) is 163 Å². The van der Waals surface area contributed by atoms with E-state index in [-0.39, 0.29) is 88.4 Å². The van der Waals surface area contributed by atoms with Crippen LogP contribution in [0.3, 0.4) is 0 Å². The van der Waals surface area contributed by atoms with Crippen LogP contribution in [0, 0.1) is 0 Å². The molecule has 8 aliphatic rings. The summed E-state index contributed by atoms with van der Waals surface area (Å²) in [6.45, 7) is 7.93. The van der Waals surface area contributed by atoms with E-state index in [1.807, 2.05) is 0 Å². The Bertz CT molecular complexity index is 3060. The van der Waals surface area contributed by atoms with Gasteiger partial charge >= 0.3 is 11.9 Å². The highest BCUT2D eigenvalue weighted by atomic mass is 16.7. The quantitative estimate of drug-likeness (QED) is 0.119. The standard InChI is InChI=1S/C64H64O16/c1-7-11-39-43-21-47-41(13-9-3)49-23-45-40(12-8-2)46-24-50-42(14-10-4)48-22-44(39)56-52-26-70-36-16-33(63(65)67-5)15-35(19-36)69-25-51(55(43)73-29-74-56)59(47)77-31-79-61(49)53-27-71-37-17-34(64(66)68-6)18-38(20-37)72-28-54(58(46)76-30-75-57(45)53)62(50)80-32-78-60(48)52/h15-24,39-42H,7-14,25-32H2,1-6H3. The number of carbonyl (C=O) groups excluding carboxylic acids is 2. The molecule has 16 bridgehead atoms. The number of carbonyl (C=O) groups is 2. The van der Waals surface area contributed by atoms with Gasteiger partial charge in [-0.25, -0.2) is 9.59 Å². The van der Waals surface area contributed by atoms with Gasteiger partial charge < -0.3 is 66.3 Å². The van der Waals surface area contributed by atoms with Gasteiger partial charge in [0.2, 0.25) is 27.2 Å². The number of hydrogen-bond acceptors (Lipinski definition) is 16.